The van der Waals surface area contributed by atoms with Gasteiger partial charge in [-0.3, -0.25) is 0 Å². The molecule has 0 atom stereocenters. The van der Waals surface area contributed by atoms with Crippen LogP contribution < -0.4 is 5.32 Å². The molecule has 0 spiro atoms. The molecule has 0 unspecified atom stereocenters. The van der Waals surface area contributed by atoms with E-state index in [2.05, 4.69) is 10.3 Å². The summed E-state index contributed by atoms with van der Waals surface area (Å²) in [5.74, 6) is -0.841. The van der Waals surface area contributed by atoms with Crippen LogP contribution in [0.5, 0.6) is 0 Å². The van der Waals surface area contributed by atoms with Gasteiger partial charge in [-0.15, -0.1) is 0 Å². The number of carbonyl (C=O) groups is 1. The van der Waals surface area contributed by atoms with Gasteiger partial charge >= 0.3 is 5.97 Å². The average Bonchev–Trinajstić information content (AvgIpc) is 2.49. The molecule has 1 heterocycles. The largest absolute Gasteiger partial charge is 0.477 e. The summed E-state index contributed by atoms with van der Waals surface area (Å²) >= 11 is 5.81. The zero-order valence-electron chi connectivity index (χ0n) is 11.0. The van der Waals surface area contributed by atoms with E-state index in [9.17, 15) is 4.79 Å². The number of hydrogen-bond acceptors (Lipinski definition) is 4. The van der Waals surface area contributed by atoms with Crippen molar-refractivity contribution in [2.24, 2.45) is 0 Å². The third-order valence-corrected chi connectivity index (χ3v) is 3.11. The summed E-state index contributed by atoms with van der Waals surface area (Å²) in [7, 11) is 0. The van der Waals surface area contributed by atoms with E-state index in [0.29, 0.717) is 23.6 Å². The summed E-state index contributed by atoms with van der Waals surface area (Å²) in [5, 5.41) is 21.6. The van der Waals surface area contributed by atoms with Crippen molar-refractivity contribution >= 4 is 23.4 Å². The van der Waals surface area contributed by atoms with Crippen LogP contribution in [0.3, 0.4) is 0 Å². The van der Waals surface area contributed by atoms with E-state index < -0.39 is 5.97 Å². The number of rotatable bonds is 5. The number of carboxylic acid groups (broad SMARTS) is 1. The maximum absolute atomic E-state index is 10.9. The Morgan fingerprint density at radius 3 is 2.62 bits per heavy atom. The summed E-state index contributed by atoms with van der Waals surface area (Å²) in [4.78, 5) is 14.8. The molecule has 1 aromatic carbocycles. The second kappa shape index (κ2) is 6.73. The molecular weight excluding hydrogens is 290 g/mol. The van der Waals surface area contributed by atoms with Gasteiger partial charge in [0.2, 0.25) is 0 Å². The first kappa shape index (κ1) is 14.8. The van der Waals surface area contributed by atoms with Gasteiger partial charge in [-0.05, 0) is 36.2 Å². The number of aromatic nitrogens is 1. The van der Waals surface area contributed by atoms with Crippen molar-refractivity contribution in [2.45, 2.75) is 6.42 Å². The Morgan fingerprint density at radius 2 is 2.00 bits per heavy atom. The van der Waals surface area contributed by atoms with Gasteiger partial charge in [0.1, 0.15) is 11.9 Å². The topological polar surface area (TPSA) is 86.0 Å². The lowest BCUT2D eigenvalue weighted by Gasteiger charge is -2.08. The highest BCUT2D eigenvalue weighted by molar-refractivity contribution is 6.30. The van der Waals surface area contributed by atoms with Crippen LogP contribution in [0.15, 0.2) is 36.4 Å². The third kappa shape index (κ3) is 3.94. The molecule has 5 nitrogen and oxygen atoms in total. The summed E-state index contributed by atoms with van der Waals surface area (Å²) in [6.07, 6.45) is 0.709. The molecule has 106 valence electrons. The lowest BCUT2D eigenvalue weighted by atomic mass is 10.1. The van der Waals surface area contributed by atoms with Crippen molar-refractivity contribution in [3.8, 4) is 6.07 Å². The first-order valence-electron chi connectivity index (χ1n) is 6.23. The van der Waals surface area contributed by atoms with Crippen LogP contribution in [-0.2, 0) is 6.42 Å². The molecule has 0 radical (unpaired) electrons. The predicted molar refractivity (Wildman–Crippen MR) is 79.6 cm³/mol. The van der Waals surface area contributed by atoms with Crippen molar-refractivity contribution in [3.63, 3.8) is 0 Å². The van der Waals surface area contributed by atoms with Gasteiger partial charge in [0.15, 0.2) is 5.69 Å². The summed E-state index contributed by atoms with van der Waals surface area (Å²) in [5.41, 5.74) is 1.30. The fourth-order valence-electron chi connectivity index (χ4n) is 1.78. The number of halogens is 1. The molecule has 2 N–H and O–H groups in total. The van der Waals surface area contributed by atoms with E-state index in [1.54, 1.807) is 12.1 Å². The average molecular weight is 302 g/mol. The van der Waals surface area contributed by atoms with Gasteiger partial charge in [0.25, 0.3) is 0 Å². The molecule has 2 rings (SSSR count). The molecule has 2 aromatic rings. The Balaban J connectivity index is 2.05. The highest BCUT2D eigenvalue weighted by Gasteiger charge is 2.09. The SMILES string of the molecule is N#Cc1ccc(C(=O)O)nc1NCCc1ccc(Cl)cc1. The Morgan fingerprint density at radius 1 is 1.29 bits per heavy atom. The molecule has 0 saturated heterocycles. The third-order valence-electron chi connectivity index (χ3n) is 2.85. The second-order valence-electron chi connectivity index (χ2n) is 4.31. The maximum atomic E-state index is 10.9. The first-order valence-corrected chi connectivity index (χ1v) is 6.60. The minimum atomic E-state index is -1.12. The summed E-state index contributed by atoms with van der Waals surface area (Å²) < 4.78 is 0. The van der Waals surface area contributed by atoms with Gasteiger partial charge in [0, 0.05) is 11.6 Å². The predicted octanol–water partition coefficient (Wildman–Crippen LogP) is 2.96. The number of nitrogens with one attached hydrogen (secondary N) is 1. The molecule has 0 bridgehead atoms. The smallest absolute Gasteiger partial charge is 0.354 e. The van der Waals surface area contributed by atoms with E-state index in [1.807, 2.05) is 18.2 Å². The number of anilines is 1. The minimum absolute atomic E-state index is 0.0945. The monoisotopic (exact) mass is 301 g/mol. The van der Waals surface area contributed by atoms with Gasteiger partial charge < -0.3 is 10.4 Å². The van der Waals surface area contributed by atoms with Gasteiger partial charge in [-0.25, -0.2) is 9.78 Å². The molecule has 0 aliphatic rings. The van der Waals surface area contributed by atoms with E-state index in [-0.39, 0.29) is 11.5 Å². The minimum Gasteiger partial charge on any atom is -0.477 e. The Kier molecular flexibility index (Phi) is 4.75. The quantitative estimate of drug-likeness (QED) is 0.886. The number of aromatic carboxylic acids is 1. The number of nitriles is 1. The lowest BCUT2D eigenvalue weighted by molar-refractivity contribution is 0.0690. The molecular formula is C15H12ClN3O2. The highest BCUT2D eigenvalue weighted by atomic mass is 35.5. The normalized spacial score (nSPS) is 9.90. The second-order valence-corrected chi connectivity index (χ2v) is 4.75. The van der Waals surface area contributed by atoms with Crippen LogP contribution in [0.1, 0.15) is 21.6 Å². The molecule has 21 heavy (non-hydrogen) atoms. The zero-order chi connectivity index (χ0) is 15.2. The van der Waals surface area contributed by atoms with Crippen LogP contribution in [-0.4, -0.2) is 22.6 Å². The summed E-state index contributed by atoms with van der Waals surface area (Å²) in [6.45, 7) is 0.534. The molecule has 0 aliphatic heterocycles. The molecule has 0 amide bonds. The number of pyridine rings is 1. The molecule has 0 fully saturated rings. The van der Waals surface area contributed by atoms with Crippen molar-refractivity contribution in [2.75, 3.05) is 11.9 Å². The molecule has 1 aromatic heterocycles. The maximum Gasteiger partial charge on any atom is 0.354 e. The number of nitrogens with zero attached hydrogens (tertiary/aromatic N) is 2. The van der Waals surface area contributed by atoms with Crippen molar-refractivity contribution < 1.29 is 9.90 Å². The van der Waals surface area contributed by atoms with E-state index in [4.69, 9.17) is 22.0 Å². The summed E-state index contributed by atoms with van der Waals surface area (Å²) in [6, 6.07) is 12.2. The Labute approximate surface area is 126 Å². The van der Waals surface area contributed by atoms with Crippen LogP contribution >= 0.6 is 11.6 Å². The van der Waals surface area contributed by atoms with Crippen molar-refractivity contribution in [1.82, 2.24) is 4.98 Å². The van der Waals surface area contributed by atoms with E-state index in [1.165, 1.54) is 12.1 Å². The van der Waals surface area contributed by atoms with Gasteiger partial charge in [-0.2, -0.15) is 5.26 Å². The standard InChI is InChI=1S/C15H12ClN3O2/c16-12-4-1-10(2-5-12)7-8-18-14-11(9-17)3-6-13(19-14)15(20)21/h1-6H,7-8H2,(H,18,19)(H,20,21). The first-order chi connectivity index (χ1) is 10.1. The Bertz CT molecular complexity index is 693. The van der Waals surface area contributed by atoms with Crippen LogP contribution in [0, 0.1) is 11.3 Å². The van der Waals surface area contributed by atoms with Gasteiger partial charge in [0.05, 0.1) is 5.56 Å². The van der Waals surface area contributed by atoms with Crippen LogP contribution in [0.25, 0.3) is 0 Å². The van der Waals surface area contributed by atoms with Crippen molar-refractivity contribution in [3.05, 3.63) is 58.2 Å². The lowest BCUT2D eigenvalue weighted by Crippen LogP contribution is -2.10. The van der Waals surface area contributed by atoms with E-state index >= 15 is 0 Å². The van der Waals surface area contributed by atoms with Gasteiger partial charge in [-0.1, -0.05) is 23.7 Å². The molecule has 0 aliphatic carbocycles. The Hall–Kier alpha value is -2.58. The molecule has 6 heteroatoms. The number of benzene rings is 1. The number of carboxylic acids is 1. The zero-order valence-corrected chi connectivity index (χ0v) is 11.8. The highest BCUT2D eigenvalue weighted by Crippen LogP contribution is 2.14. The van der Waals surface area contributed by atoms with E-state index in [0.717, 1.165) is 5.56 Å². The number of hydrogen-bond donors (Lipinski definition) is 2. The van der Waals surface area contributed by atoms with Crippen LogP contribution in [0.2, 0.25) is 5.02 Å². The fraction of sp³-hybridized carbons (Fsp3) is 0.133. The van der Waals surface area contributed by atoms with Crippen LogP contribution in [0.4, 0.5) is 5.82 Å². The van der Waals surface area contributed by atoms with Crippen molar-refractivity contribution in [1.29, 1.82) is 5.26 Å². The molecule has 0 saturated carbocycles. The fourth-order valence-corrected chi connectivity index (χ4v) is 1.91.